The van der Waals surface area contributed by atoms with E-state index in [2.05, 4.69) is 6.07 Å². The third-order valence-electron chi connectivity index (χ3n) is 6.33. The number of nitriles is 1. The number of carbonyl (C=O) groups excluding carboxylic acids is 1. The molecular formula is C31H22Cl2N2O5. The number of carbonyl (C=O) groups is 1. The third-order valence-corrected chi connectivity index (χ3v) is 6.92. The van der Waals surface area contributed by atoms with Crippen molar-refractivity contribution in [3.8, 4) is 29.1 Å². The molecule has 0 bridgehead atoms. The Morgan fingerprint density at radius 2 is 1.82 bits per heavy atom. The second-order valence-corrected chi connectivity index (χ2v) is 9.65. The highest BCUT2D eigenvalue weighted by atomic mass is 35.5. The fraction of sp³-hybridized carbons (Fsp3) is 0.0968. The molecule has 0 spiro atoms. The van der Waals surface area contributed by atoms with E-state index in [0.717, 1.165) is 11.1 Å². The Kier molecular flexibility index (Phi) is 7.83. The highest BCUT2D eigenvalue weighted by molar-refractivity contribution is 6.35. The van der Waals surface area contributed by atoms with Crippen LogP contribution in [0.25, 0.3) is 0 Å². The van der Waals surface area contributed by atoms with Gasteiger partial charge in [-0.15, -0.1) is 0 Å². The number of esters is 1. The van der Waals surface area contributed by atoms with E-state index in [4.69, 9.17) is 47.9 Å². The van der Waals surface area contributed by atoms with Crippen LogP contribution in [0.1, 0.15) is 33.0 Å². The van der Waals surface area contributed by atoms with Gasteiger partial charge in [-0.25, -0.2) is 4.79 Å². The van der Waals surface area contributed by atoms with Gasteiger partial charge in [-0.2, -0.15) is 5.26 Å². The summed E-state index contributed by atoms with van der Waals surface area (Å²) in [4.78, 5) is 12.8. The van der Waals surface area contributed by atoms with Crippen molar-refractivity contribution >= 4 is 29.2 Å². The van der Waals surface area contributed by atoms with E-state index in [-0.39, 0.29) is 29.4 Å². The monoisotopic (exact) mass is 572 g/mol. The van der Waals surface area contributed by atoms with E-state index < -0.39 is 11.9 Å². The minimum absolute atomic E-state index is 0.0347. The summed E-state index contributed by atoms with van der Waals surface area (Å²) in [6.07, 6.45) is 0. The lowest BCUT2D eigenvalue weighted by Crippen LogP contribution is -2.21. The Bertz CT molecular complexity index is 1680. The molecule has 0 aromatic heterocycles. The molecule has 0 fully saturated rings. The first-order valence-electron chi connectivity index (χ1n) is 12.1. The van der Waals surface area contributed by atoms with E-state index in [9.17, 15) is 10.1 Å². The van der Waals surface area contributed by atoms with Crippen LogP contribution in [0.2, 0.25) is 10.0 Å². The first-order chi connectivity index (χ1) is 19.4. The number of para-hydroxylation sites is 1. The molecule has 40 heavy (non-hydrogen) atoms. The summed E-state index contributed by atoms with van der Waals surface area (Å²) in [5.74, 6) is 0.437. The van der Waals surface area contributed by atoms with Crippen molar-refractivity contribution in [3.63, 3.8) is 0 Å². The smallest absolute Gasteiger partial charge is 0.347 e. The minimum Gasteiger partial charge on any atom is -0.496 e. The maximum atomic E-state index is 12.8. The molecule has 9 heteroatoms. The number of hydrogen-bond acceptors (Lipinski definition) is 7. The van der Waals surface area contributed by atoms with Crippen LogP contribution in [0.5, 0.6) is 23.0 Å². The van der Waals surface area contributed by atoms with Crippen LogP contribution in [0, 0.1) is 11.3 Å². The van der Waals surface area contributed by atoms with E-state index in [1.54, 1.807) is 60.7 Å². The highest BCUT2D eigenvalue weighted by Gasteiger charge is 2.31. The third kappa shape index (κ3) is 5.55. The van der Waals surface area contributed by atoms with Gasteiger partial charge >= 0.3 is 5.97 Å². The summed E-state index contributed by atoms with van der Waals surface area (Å²) in [5.41, 5.74) is 8.93. The number of rotatable bonds is 7. The van der Waals surface area contributed by atoms with Crippen LogP contribution in [-0.4, -0.2) is 13.1 Å². The molecule has 0 saturated carbocycles. The topological polar surface area (TPSA) is 104 Å². The maximum Gasteiger partial charge on any atom is 0.347 e. The molecule has 1 heterocycles. The van der Waals surface area contributed by atoms with Crippen LogP contribution in [0.4, 0.5) is 0 Å². The van der Waals surface area contributed by atoms with Crippen LogP contribution >= 0.6 is 23.2 Å². The number of hydrogen-bond donors (Lipinski definition) is 1. The molecule has 7 nitrogen and oxygen atoms in total. The summed E-state index contributed by atoms with van der Waals surface area (Å²) >= 11 is 12.3. The molecule has 200 valence electrons. The Balaban J connectivity index is 1.42. The van der Waals surface area contributed by atoms with Crippen molar-refractivity contribution in [3.05, 3.63) is 129 Å². The molecule has 0 radical (unpaired) electrons. The quantitative estimate of drug-likeness (QED) is 0.187. The van der Waals surface area contributed by atoms with Gasteiger partial charge in [0.05, 0.1) is 13.0 Å². The van der Waals surface area contributed by atoms with Crippen LogP contribution in [0.15, 0.2) is 96.4 Å². The van der Waals surface area contributed by atoms with Crippen molar-refractivity contribution in [2.75, 3.05) is 7.11 Å². The number of fused-ring (bicyclic) bond motifs is 1. The number of benzene rings is 4. The Morgan fingerprint density at radius 1 is 1.00 bits per heavy atom. The van der Waals surface area contributed by atoms with E-state index in [1.807, 2.05) is 24.3 Å². The van der Waals surface area contributed by atoms with Gasteiger partial charge in [0.1, 0.15) is 46.8 Å². The van der Waals surface area contributed by atoms with E-state index in [1.165, 1.54) is 7.11 Å². The SMILES string of the molecule is COc1ccccc1C(=O)Oc1ccc2c(c1)OC(N)=C(C#N)C2c1cccc(OCc2ccc(Cl)cc2Cl)c1. The van der Waals surface area contributed by atoms with E-state index in [0.29, 0.717) is 32.9 Å². The van der Waals surface area contributed by atoms with Gasteiger partial charge in [0.2, 0.25) is 5.88 Å². The van der Waals surface area contributed by atoms with Crippen molar-refractivity contribution in [1.29, 1.82) is 5.26 Å². The zero-order valence-corrected chi connectivity index (χ0v) is 22.7. The molecule has 1 aliphatic rings. The molecule has 1 unspecified atom stereocenters. The van der Waals surface area contributed by atoms with Crippen molar-refractivity contribution < 1.29 is 23.7 Å². The standard InChI is InChI=1S/C31H22Cl2N2O5/c1-37-27-8-3-2-7-24(27)31(36)39-22-11-12-23-28(15-22)40-30(35)25(16-34)29(23)18-5-4-6-21(13-18)38-17-19-9-10-20(32)14-26(19)33/h2-15,29H,17,35H2,1H3. The highest BCUT2D eigenvalue weighted by Crippen LogP contribution is 2.44. The maximum absolute atomic E-state index is 12.8. The van der Waals surface area contributed by atoms with Crippen LogP contribution in [-0.2, 0) is 6.61 Å². The predicted molar refractivity (Wildman–Crippen MR) is 151 cm³/mol. The van der Waals surface area contributed by atoms with Gasteiger partial charge in [0, 0.05) is 27.2 Å². The number of nitrogens with two attached hydrogens (primary N) is 1. The zero-order valence-electron chi connectivity index (χ0n) is 21.2. The molecular weight excluding hydrogens is 551 g/mol. The summed E-state index contributed by atoms with van der Waals surface area (Å²) in [7, 11) is 1.48. The zero-order chi connectivity index (χ0) is 28.2. The number of halogens is 2. The number of ether oxygens (including phenoxy) is 4. The largest absolute Gasteiger partial charge is 0.496 e. The molecule has 1 aliphatic heterocycles. The summed E-state index contributed by atoms with van der Waals surface area (Å²) in [6, 6.07) is 26.5. The average molecular weight is 573 g/mol. The first-order valence-corrected chi connectivity index (χ1v) is 12.9. The lowest BCUT2D eigenvalue weighted by molar-refractivity contribution is 0.0731. The molecule has 2 N–H and O–H groups in total. The second kappa shape index (κ2) is 11.6. The molecule has 4 aromatic rings. The van der Waals surface area contributed by atoms with Gasteiger partial charge in [-0.1, -0.05) is 59.6 Å². The molecule has 5 rings (SSSR count). The summed E-state index contributed by atoms with van der Waals surface area (Å²) in [5, 5.41) is 11.0. The molecule has 1 atom stereocenters. The Morgan fingerprint density at radius 3 is 2.60 bits per heavy atom. The molecule has 0 amide bonds. The molecule has 0 saturated heterocycles. The molecule has 0 aliphatic carbocycles. The van der Waals surface area contributed by atoms with Gasteiger partial charge in [-0.3, -0.25) is 0 Å². The normalized spacial score (nSPS) is 14.0. The van der Waals surface area contributed by atoms with Crippen molar-refractivity contribution in [2.45, 2.75) is 12.5 Å². The average Bonchev–Trinajstić information content (AvgIpc) is 2.96. The number of allylic oxidation sites excluding steroid dienone is 1. The van der Waals surface area contributed by atoms with Gasteiger partial charge < -0.3 is 24.7 Å². The fourth-order valence-corrected chi connectivity index (χ4v) is 4.86. The van der Waals surface area contributed by atoms with Gasteiger partial charge in [0.25, 0.3) is 0 Å². The lowest BCUT2D eigenvalue weighted by Gasteiger charge is -2.27. The van der Waals surface area contributed by atoms with Crippen LogP contribution in [0.3, 0.4) is 0 Å². The Labute approximate surface area is 240 Å². The summed E-state index contributed by atoms with van der Waals surface area (Å²) < 4.78 is 22.6. The predicted octanol–water partition coefficient (Wildman–Crippen LogP) is 7.02. The number of nitrogens with zero attached hydrogens (tertiary/aromatic N) is 1. The fourth-order valence-electron chi connectivity index (χ4n) is 4.40. The first kappa shape index (κ1) is 26.9. The van der Waals surface area contributed by atoms with Crippen molar-refractivity contribution in [1.82, 2.24) is 0 Å². The molecule has 4 aromatic carbocycles. The lowest BCUT2D eigenvalue weighted by atomic mass is 9.83. The minimum atomic E-state index is -0.586. The van der Waals surface area contributed by atoms with Crippen LogP contribution < -0.4 is 24.7 Å². The van der Waals surface area contributed by atoms with Crippen molar-refractivity contribution in [2.24, 2.45) is 5.73 Å². The number of methoxy groups -OCH3 is 1. The summed E-state index contributed by atoms with van der Waals surface area (Å²) in [6.45, 7) is 0.230. The Hall–Kier alpha value is -4.64. The van der Waals surface area contributed by atoms with Gasteiger partial charge in [0.15, 0.2) is 0 Å². The van der Waals surface area contributed by atoms with Gasteiger partial charge in [-0.05, 0) is 48.0 Å². The second-order valence-electron chi connectivity index (χ2n) is 8.81. The van der Waals surface area contributed by atoms with E-state index >= 15 is 0 Å².